The Balaban J connectivity index is 1.39. The molecule has 1 amide bonds. The van der Waals surface area contributed by atoms with Crippen molar-refractivity contribution in [3.05, 3.63) is 65.6 Å². The number of morpholine rings is 1. The van der Waals surface area contributed by atoms with Crippen LogP contribution in [0.2, 0.25) is 0 Å². The topological polar surface area (TPSA) is 66.2 Å². The van der Waals surface area contributed by atoms with Crippen molar-refractivity contribution < 1.29 is 9.53 Å². The molecule has 2 aliphatic heterocycles. The summed E-state index contributed by atoms with van der Waals surface area (Å²) in [5.74, 6) is 0.916. The van der Waals surface area contributed by atoms with E-state index in [4.69, 9.17) is 4.74 Å². The molecule has 2 saturated heterocycles. The first-order valence-electron chi connectivity index (χ1n) is 10.9. The molecule has 0 radical (unpaired) electrons. The quantitative estimate of drug-likeness (QED) is 0.640. The predicted molar refractivity (Wildman–Crippen MR) is 117 cm³/mol. The Morgan fingerprint density at radius 2 is 1.84 bits per heavy atom. The van der Waals surface area contributed by atoms with E-state index in [1.54, 1.807) is 0 Å². The zero-order valence-corrected chi connectivity index (χ0v) is 17.9. The lowest BCUT2D eigenvalue weighted by Gasteiger charge is -2.38. The molecule has 0 bridgehead atoms. The van der Waals surface area contributed by atoms with E-state index in [1.807, 2.05) is 27.6 Å². The average Bonchev–Trinajstić information content (AvgIpc) is 3.24. The Kier molecular flexibility index (Phi) is 5.67. The van der Waals surface area contributed by atoms with E-state index in [1.165, 1.54) is 5.56 Å². The second kappa shape index (κ2) is 8.74. The Bertz CT molecular complexity index is 1050. The summed E-state index contributed by atoms with van der Waals surface area (Å²) in [5, 5.41) is 8.90. The lowest BCUT2D eigenvalue weighted by molar-refractivity contribution is 0.0302. The molecule has 8 nitrogen and oxygen atoms in total. The van der Waals surface area contributed by atoms with Crippen LogP contribution in [0.15, 0.2) is 48.7 Å². The molecule has 31 heavy (non-hydrogen) atoms. The summed E-state index contributed by atoms with van der Waals surface area (Å²) in [7, 11) is 2.13. The molecule has 0 unspecified atom stereocenters. The van der Waals surface area contributed by atoms with Crippen LogP contribution in [0.25, 0.3) is 5.65 Å². The average molecular weight is 421 g/mol. The number of carbonyl (C=O) groups excluding carboxylic acids is 1. The number of rotatable bonds is 4. The van der Waals surface area contributed by atoms with Gasteiger partial charge < -0.3 is 9.64 Å². The van der Waals surface area contributed by atoms with Gasteiger partial charge >= 0.3 is 0 Å². The van der Waals surface area contributed by atoms with Crippen LogP contribution < -0.4 is 0 Å². The van der Waals surface area contributed by atoms with Gasteiger partial charge in [0.1, 0.15) is 0 Å². The maximum absolute atomic E-state index is 13.0. The highest BCUT2D eigenvalue weighted by Gasteiger charge is 2.30. The second-order valence-corrected chi connectivity index (χ2v) is 8.33. The number of hydrogen-bond donors (Lipinski definition) is 0. The largest absolute Gasteiger partial charge is 0.378 e. The molecule has 0 saturated carbocycles. The van der Waals surface area contributed by atoms with Gasteiger partial charge in [0.25, 0.3) is 5.91 Å². The Morgan fingerprint density at radius 3 is 2.65 bits per heavy atom. The van der Waals surface area contributed by atoms with Crippen LogP contribution in [0.1, 0.15) is 27.8 Å². The van der Waals surface area contributed by atoms with Gasteiger partial charge in [-0.3, -0.25) is 19.0 Å². The number of fused-ring (bicyclic) bond motifs is 1. The molecule has 2 aromatic heterocycles. The van der Waals surface area contributed by atoms with Gasteiger partial charge in [-0.2, -0.15) is 0 Å². The maximum atomic E-state index is 13.0. The molecule has 0 N–H and O–H groups in total. The number of nitrogens with zero attached hydrogens (tertiary/aromatic N) is 6. The Morgan fingerprint density at radius 1 is 1.03 bits per heavy atom. The van der Waals surface area contributed by atoms with Gasteiger partial charge in [0.15, 0.2) is 11.5 Å². The molecule has 2 fully saturated rings. The normalized spacial score (nSPS) is 20.9. The van der Waals surface area contributed by atoms with Crippen LogP contribution in [0.5, 0.6) is 0 Å². The lowest BCUT2D eigenvalue weighted by atomic mass is 10.1. The molecule has 0 spiro atoms. The summed E-state index contributed by atoms with van der Waals surface area (Å²) in [4.78, 5) is 19.6. The third-order valence-electron chi connectivity index (χ3n) is 6.25. The molecule has 1 aromatic carbocycles. The van der Waals surface area contributed by atoms with Gasteiger partial charge in [0, 0.05) is 45.5 Å². The highest BCUT2D eigenvalue weighted by Crippen LogP contribution is 2.25. The van der Waals surface area contributed by atoms with Gasteiger partial charge in [0.2, 0.25) is 0 Å². The maximum Gasteiger partial charge on any atom is 0.255 e. The van der Waals surface area contributed by atoms with Crippen LogP contribution >= 0.6 is 0 Å². The molecular weight excluding hydrogens is 392 g/mol. The van der Waals surface area contributed by atoms with E-state index in [9.17, 15) is 4.79 Å². The molecule has 2 aliphatic rings. The van der Waals surface area contributed by atoms with Crippen LogP contribution in [0, 0.1) is 0 Å². The van der Waals surface area contributed by atoms with Gasteiger partial charge in [-0.05, 0) is 24.7 Å². The van der Waals surface area contributed by atoms with E-state index in [2.05, 4.69) is 57.4 Å². The molecule has 162 valence electrons. The standard InChI is InChI=1S/C23H28N6O2/c1-26-9-10-27(15-18-5-3-2-4-6-18)17-20(26)22-25-24-21-8-7-19(16-29(21)22)23(30)28-11-13-31-14-12-28/h2-8,16,20H,9-15,17H2,1H3/t20-/m0/s1. The number of carbonyl (C=O) groups is 1. The van der Waals surface area contributed by atoms with E-state index < -0.39 is 0 Å². The number of hydrogen-bond acceptors (Lipinski definition) is 6. The molecule has 0 aliphatic carbocycles. The highest BCUT2D eigenvalue weighted by molar-refractivity contribution is 5.94. The SMILES string of the molecule is CN1CCN(Cc2ccccc2)C[C@H]1c1nnc2ccc(C(=O)N3CCOCC3)cn12. The smallest absolute Gasteiger partial charge is 0.255 e. The zero-order chi connectivity index (χ0) is 21.2. The van der Waals surface area contributed by atoms with Crippen LogP contribution in [0.3, 0.4) is 0 Å². The van der Waals surface area contributed by atoms with E-state index in [0.717, 1.165) is 37.7 Å². The van der Waals surface area contributed by atoms with Crippen molar-refractivity contribution in [1.29, 1.82) is 0 Å². The zero-order valence-electron chi connectivity index (χ0n) is 17.9. The molecule has 8 heteroatoms. The van der Waals surface area contributed by atoms with Crippen molar-refractivity contribution in [3.63, 3.8) is 0 Å². The van der Waals surface area contributed by atoms with Crippen LogP contribution in [-0.2, 0) is 11.3 Å². The van der Waals surface area contributed by atoms with Crippen molar-refractivity contribution in [2.75, 3.05) is 53.0 Å². The second-order valence-electron chi connectivity index (χ2n) is 8.33. The predicted octanol–water partition coefficient (Wildman–Crippen LogP) is 1.69. The molecule has 5 rings (SSSR count). The summed E-state index contributed by atoms with van der Waals surface area (Å²) in [6, 6.07) is 14.4. The molecule has 1 atom stereocenters. The fraction of sp³-hybridized carbons (Fsp3) is 0.435. The van der Waals surface area contributed by atoms with Crippen molar-refractivity contribution in [1.82, 2.24) is 29.3 Å². The van der Waals surface area contributed by atoms with Gasteiger partial charge in [-0.1, -0.05) is 30.3 Å². The molecule has 4 heterocycles. The summed E-state index contributed by atoms with van der Waals surface area (Å²) < 4.78 is 7.36. The van der Waals surface area contributed by atoms with E-state index >= 15 is 0 Å². The minimum absolute atomic E-state index is 0.0348. The van der Waals surface area contributed by atoms with Crippen LogP contribution in [-0.4, -0.2) is 88.2 Å². The Labute approximate surface area is 182 Å². The number of benzene rings is 1. The van der Waals surface area contributed by atoms with Crippen molar-refractivity contribution in [3.8, 4) is 0 Å². The number of aromatic nitrogens is 3. The number of likely N-dealkylation sites (N-methyl/N-ethyl adjacent to an activating group) is 1. The van der Waals surface area contributed by atoms with Crippen molar-refractivity contribution in [2.24, 2.45) is 0 Å². The minimum atomic E-state index is 0.0348. The fourth-order valence-corrected chi connectivity index (χ4v) is 4.41. The lowest BCUT2D eigenvalue weighted by Crippen LogP contribution is -2.46. The molecular formula is C23H28N6O2. The summed E-state index contributed by atoms with van der Waals surface area (Å²) >= 11 is 0. The highest BCUT2D eigenvalue weighted by atomic mass is 16.5. The fourth-order valence-electron chi connectivity index (χ4n) is 4.41. The minimum Gasteiger partial charge on any atom is -0.378 e. The first-order valence-corrected chi connectivity index (χ1v) is 10.9. The van der Waals surface area contributed by atoms with E-state index in [-0.39, 0.29) is 11.9 Å². The first kappa shape index (κ1) is 20.1. The first-order chi connectivity index (χ1) is 15.2. The van der Waals surface area contributed by atoms with Gasteiger partial charge in [-0.25, -0.2) is 0 Å². The van der Waals surface area contributed by atoms with Crippen molar-refractivity contribution >= 4 is 11.6 Å². The summed E-state index contributed by atoms with van der Waals surface area (Å²) in [5.41, 5.74) is 2.74. The number of amides is 1. The number of pyridine rings is 1. The number of ether oxygens (including phenoxy) is 1. The monoisotopic (exact) mass is 420 g/mol. The van der Waals surface area contributed by atoms with Gasteiger partial charge in [-0.15, -0.1) is 10.2 Å². The third-order valence-corrected chi connectivity index (χ3v) is 6.25. The summed E-state index contributed by atoms with van der Waals surface area (Å²) in [6.07, 6.45) is 1.90. The Hall–Kier alpha value is -2.81. The van der Waals surface area contributed by atoms with Gasteiger partial charge in [0.05, 0.1) is 24.8 Å². The van der Waals surface area contributed by atoms with Crippen LogP contribution in [0.4, 0.5) is 0 Å². The van der Waals surface area contributed by atoms with Crippen molar-refractivity contribution in [2.45, 2.75) is 12.6 Å². The van der Waals surface area contributed by atoms with E-state index in [0.29, 0.717) is 31.9 Å². The third kappa shape index (κ3) is 4.19. The number of piperazine rings is 1. The molecule has 3 aromatic rings. The summed E-state index contributed by atoms with van der Waals surface area (Å²) in [6.45, 7) is 6.21.